The number of hydrogen-bond donors (Lipinski definition) is 1. The summed E-state index contributed by atoms with van der Waals surface area (Å²) in [5, 5.41) is 3.01. The Morgan fingerprint density at radius 2 is 2.33 bits per heavy atom. The molecule has 1 aromatic heterocycles. The summed E-state index contributed by atoms with van der Waals surface area (Å²) in [5.41, 5.74) is 0.245. The van der Waals surface area contributed by atoms with Gasteiger partial charge in [0.1, 0.15) is 11.2 Å². The van der Waals surface area contributed by atoms with Crippen LogP contribution in [0.5, 0.6) is 0 Å². The molecule has 0 saturated heterocycles. The van der Waals surface area contributed by atoms with E-state index in [0.29, 0.717) is 11.5 Å². The molecule has 6 heteroatoms. The van der Waals surface area contributed by atoms with Crippen LogP contribution < -0.4 is 10.2 Å². The lowest BCUT2D eigenvalue weighted by Gasteiger charge is -2.34. The number of fused-ring (bicyclic) bond motifs is 1. The summed E-state index contributed by atoms with van der Waals surface area (Å²) < 4.78 is 0. The fourth-order valence-corrected chi connectivity index (χ4v) is 2.10. The van der Waals surface area contributed by atoms with E-state index in [9.17, 15) is 4.79 Å². The van der Waals surface area contributed by atoms with Crippen molar-refractivity contribution >= 4 is 29.0 Å². The van der Waals surface area contributed by atoms with Crippen LogP contribution >= 0.6 is 11.6 Å². The fourth-order valence-electron chi connectivity index (χ4n) is 1.97. The van der Waals surface area contributed by atoms with Crippen molar-refractivity contribution in [1.82, 2.24) is 9.97 Å². The van der Waals surface area contributed by atoms with Gasteiger partial charge in [0.15, 0.2) is 5.82 Å². The summed E-state index contributed by atoms with van der Waals surface area (Å²) >= 11 is 5.73. The molecule has 0 atom stereocenters. The Bertz CT molecular complexity index is 457. The van der Waals surface area contributed by atoms with Gasteiger partial charge in [-0.3, -0.25) is 4.79 Å². The number of carbonyl (C=O) groups excluding carboxylic acids is 1. The zero-order valence-corrected chi connectivity index (χ0v) is 8.88. The molecule has 1 spiro atoms. The van der Waals surface area contributed by atoms with Gasteiger partial charge < -0.3 is 10.2 Å². The number of rotatable bonds is 0. The molecule has 3 rings (SSSR count). The number of aromatic nitrogens is 2. The predicted octanol–water partition coefficient (Wildman–Crippen LogP) is 1.05. The number of likely N-dealkylation sites (N-methyl/N-ethyl adjacent to an activating group) is 1. The van der Waals surface area contributed by atoms with E-state index >= 15 is 0 Å². The second-order valence-corrected chi connectivity index (χ2v) is 4.26. The van der Waals surface area contributed by atoms with Gasteiger partial charge in [0, 0.05) is 7.05 Å². The van der Waals surface area contributed by atoms with Crippen LogP contribution in [-0.2, 0) is 4.79 Å². The molecule has 1 fully saturated rings. The number of hydrogen-bond acceptors (Lipinski definition) is 4. The monoisotopic (exact) mass is 224 g/mol. The lowest BCUT2D eigenvalue weighted by molar-refractivity contribution is -0.118. The maximum Gasteiger partial charge on any atom is 0.250 e. The van der Waals surface area contributed by atoms with Crippen molar-refractivity contribution in [2.75, 3.05) is 17.3 Å². The van der Waals surface area contributed by atoms with E-state index in [-0.39, 0.29) is 16.7 Å². The Balaban J connectivity index is 2.14. The van der Waals surface area contributed by atoms with Crippen LogP contribution in [0.25, 0.3) is 0 Å². The van der Waals surface area contributed by atoms with Crippen LogP contribution in [0.15, 0.2) is 6.20 Å². The first-order valence-electron chi connectivity index (χ1n) is 4.71. The van der Waals surface area contributed by atoms with Crippen molar-refractivity contribution in [3.05, 3.63) is 11.5 Å². The van der Waals surface area contributed by atoms with Crippen LogP contribution in [0.2, 0.25) is 5.28 Å². The Kier molecular flexibility index (Phi) is 1.55. The Labute approximate surface area is 91.5 Å². The average Bonchev–Trinajstić information content (AvgIpc) is 2.99. The molecule has 5 nitrogen and oxygen atoms in total. The molecule has 0 aromatic carbocycles. The molecule has 1 saturated carbocycles. The lowest BCUT2D eigenvalue weighted by Crippen LogP contribution is -2.48. The Morgan fingerprint density at radius 3 is 3.00 bits per heavy atom. The van der Waals surface area contributed by atoms with Crippen molar-refractivity contribution in [2.45, 2.75) is 18.4 Å². The van der Waals surface area contributed by atoms with E-state index in [1.807, 2.05) is 11.9 Å². The molecule has 1 N–H and O–H groups in total. The maximum absolute atomic E-state index is 11.8. The summed E-state index contributed by atoms with van der Waals surface area (Å²) in [4.78, 5) is 21.7. The van der Waals surface area contributed by atoms with Gasteiger partial charge in [0.2, 0.25) is 11.2 Å². The maximum atomic E-state index is 11.8. The van der Waals surface area contributed by atoms with Crippen LogP contribution in [0.3, 0.4) is 0 Å². The molecular weight excluding hydrogens is 216 g/mol. The number of nitrogens with one attached hydrogen (secondary N) is 1. The van der Waals surface area contributed by atoms with Gasteiger partial charge in [-0.2, -0.15) is 4.98 Å². The van der Waals surface area contributed by atoms with Crippen molar-refractivity contribution in [3.8, 4) is 0 Å². The second kappa shape index (κ2) is 2.61. The summed E-state index contributed by atoms with van der Waals surface area (Å²) in [6.45, 7) is 0. The van der Waals surface area contributed by atoms with Gasteiger partial charge in [-0.15, -0.1) is 0 Å². The smallest absolute Gasteiger partial charge is 0.250 e. The van der Waals surface area contributed by atoms with Gasteiger partial charge in [0.25, 0.3) is 0 Å². The van der Waals surface area contributed by atoms with Gasteiger partial charge >= 0.3 is 0 Å². The molecule has 2 aliphatic rings. The van der Waals surface area contributed by atoms with Crippen molar-refractivity contribution in [1.29, 1.82) is 0 Å². The topological polar surface area (TPSA) is 58.1 Å². The van der Waals surface area contributed by atoms with Gasteiger partial charge in [-0.05, 0) is 24.4 Å². The molecule has 78 valence electrons. The molecule has 1 aromatic rings. The second-order valence-electron chi connectivity index (χ2n) is 3.92. The first kappa shape index (κ1) is 8.91. The van der Waals surface area contributed by atoms with Crippen LogP contribution in [0.4, 0.5) is 11.5 Å². The van der Waals surface area contributed by atoms with E-state index in [2.05, 4.69) is 15.3 Å². The van der Waals surface area contributed by atoms with Crippen molar-refractivity contribution < 1.29 is 4.79 Å². The third kappa shape index (κ3) is 1.07. The van der Waals surface area contributed by atoms with Gasteiger partial charge in [-0.25, -0.2) is 4.98 Å². The lowest BCUT2D eigenvalue weighted by atomic mass is 10.1. The molecule has 1 aliphatic heterocycles. The number of carbonyl (C=O) groups is 1. The highest BCUT2D eigenvalue weighted by atomic mass is 35.5. The van der Waals surface area contributed by atoms with E-state index in [0.717, 1.165) is 12.8 Å². The van der Waals surface area contributed by atoms with Crippen LogP contribution in [-0.4, -0.2) is 28.5 Å². The first-order chi connectivity index (χ1) is 7.13. The zero-order valence-electron chi connectivity index (χ0n) is 8.12. The van der Waals surface area contributed by atoms with Crippen molar-refractivity contribution in [3.63, 3.8) is 0 Å². The quantitative estimate of drug-likeness (QED) is 0.670. The van der Waals surface area contributed by atoms with E-state index in [1.54, 1.807) is 0 Å². The third-order valence-corrected chi connectivity index (χ3v) is 3.28. The summed E-state index contributed by atoms with van der Waals surface area (Å²) in [6.07, 6.45) is 3.28. The molecule has 1 amide bonds. The molecule has 2 heterocycles. The van der Waals surface area contributed by atoms with E-state index in [1.165, 1.54) is 6.20 Å². The SMILES string of the molecule is CN1c2nc(Cl)ncc2NC(=O)C12CC2. The molecule has 1 aliphatic carbocycles. The van der Waals surface area contributed by atoms with Crippen LogP contribution in [0.1, 0.15) is 12.8 Å². The zero-order chi connectivity index (χ0) is 10.6. The summed E-state index contributed by atoms with van der Waals surface area (Å²) in [6, 6.07) is 0. The first-order valence-corrected chi connectivity index (χ1v) is 5.09. The third-order valence-electron chi connectivity index (χ3n) is 3.09. The molecule has 0 radical (unpaired) electrons. The largest absolute Gasteiger partial charge is 0.343 e. The number of anilines is 2. The van der Waals surface area contributed by atoms with Gasteiger partial charge in [-0.1, -0.05) is 0 Å². The number of nitrogens with zero attached hydrogens (tertiary/aromatic N) is 3. The minimum absolute atomic E-state index is 0.0309. The average molecular weight is 225 g/mol. The molecule has 0 bridgehead atoms. The molecular formula is C9H9ClN4O. The summed E-state index contributed by atoms with van der Waals surface area (Å²) in [7, 11) is 1.87. The van der Waals surface area contributed by atoms with Crippen molar-refractivity contribution in [2.24, 2.45) is 0 Å². The minimum Gasteiger partial charge on any atom is -0.343 e. The van der Waals surface area contributed by atoms with E-state index < -0.39 is 0 Å². The molecule has 0 unspecified atom stereocenters. The highest BCUT2D eigenvalue weighted by Gasteiger charge is 2.56. The normalized spacial score (nSPS) is 21.2. The Morgan fingerprint density at radius 1 is 1.60 bits per heavy atom. The fraction of sp³-hybridized carbons (Fsp3) is 0.444. The minimum atomic E-state index is -0.384. The van der Waals surface area contributed by atoms with Crippen LogP contribution in [0, 0.1) is 0 Å². The highest BCUT2D eigenvalue weighted by Crippen LogP contribution is 2.48. The highest BCUT2D eigenvalue weighted by molar-refractivity contribution is 6.28. The van der Waals surface area contributed by atoms with E-state index in [4.69, 9.17) is 11.6 Å². The standard InChI is InChI=1S/C9H9ClN4O/c1-14-6-5(4-11-8(10)13-6)12-7(15)9(14)2-3-9/h4H,2-3H2,1H3,(H,12,15). The summed E-state index contributed by atoms with van der Waals surface area (Å²) in [5.74, 6) is 0.732. The number of amides is 1. The molecule has 15 heavy (non-hydrogen) atoms. The predicted molar refractivity (Wildman–Crippen MR) is 56.0 cm³/mol. The number of halogens is 1. The van der Waals surface area contributed by atoms with Gasteiger partial charge in [0.05, 0.1) is 6.20 Å². The Hall–Kier alpha value is -1.36.